The van der Waals surface area contributed by atoms with Gasteiger partial charge in [-0.15, -0.1) is 0 Å². The van der Waals surface area contributed by atoms with Crippen LogP contribution in [0.15, 0.2) is 0 Å². The Morgan fingerprint density at radius 2 is 1.07 bits per heavy atom. The van der Waals surface area contributed by atoms with Crippen LogP contribution in [0.2, 0.25) is 0 Å². The van der Waals surface area contributed by atoms with E-state index in [1.165, 1.54) is 0 Å². The summed E-state index contributed by atoms with van der Waals surface area (Å²) in [6.45, 7) is 8.14. The Kier molecular flexibility index (Phi) is 10.2. The molecule has 11 nitrogen and oxygen atoms in total. The Morgan fingerprint density at radius 3 is 1.52 bits per heavy atom. The molecule has 0 atom stereocenters. The number of hydrogen-bond acceptors (Lipinski definition) is 10. The van der Waals surface area contributed by atoms with Gasteiger partial charge in [0.05, 0.1) is 24.7 Å². The van der Waals surface area contributed by atoms with Crippen LogP contribution >= 0.6 is 0 Å². The lowest BCUT2D eigenvalue weighted by molar-refractivity contribution is 0.115. The third kappa shape index (κ3) is 10.5. The summed E-state index contributed by atoms with van der Waals surface area (Å²) in [5, 5.41) is 8.95. The lowest BCUT2D eigenvalue weighted by Gasteiger charge is -2.34. The van der Waals surface area contributed by atoms with Crippen LogP contribution in [0.3, 0.4) is 0 Å². The summed E-state index contributed by atoms with van der Waals surface area (Å²) in [6, 6.07) is 0. The van der Waals surface area contributed by atoms with E-state index in [9.17, 15) is 16.8 Å². The minimum absolute atomic E-state index is 0.0313. The Balaban J connectivity index is 1.56. The second-order valence-corrected chi connectivity index (χ2v) is 10.8. The fourth-order valence-corrected chi connectivity index (χ4v) is 4.87. The quantitative estimate of drug-likeness (QED) is 0.237. The SMILES string of the molecule is O=S(=O)(O)CCN1CCN(CCOS(=O)(=O)CCN2CCN(CCO)CC2)CC1. The van der Waals surface area contributed by atoms with Gasteiger partial charge in [0.25, 0.3) is 20.2 Å². The molecule has 0 bridgehead atoms. The van der Waals surface area contributed by atoms with Gasteiger partial charge >= 0.3 is 0 Å². The number of hydrogen-bond donors (Lipinski definition) is 2. The predicted octanol–water partition coefficient (Wildman–Crippen LogP) is -2.55. The van der Waals surface area contributed by atoms with Crippen molar-refractivity contribution in [2.75, 3.05) is 103 Å². The first-order valence-electron chi connectivity index (χ1n) is 9.99. The summed E-state index contributed by atoms with van der Waals surface area (Å²) in [5.41, 5.74) is 0. The third-order valence-corrected chi connectivity index (χ3v) is 7.25. The van der Waals surface area contributed by atoms with Gasteiger partial charge in [0, 0.05) is 78.5 Å². The van der Waals surface area contributed by atoms with Crippen LogP contribution in [0.25, 0.3) is 0 Å². The van der Waals surface area contributed by atoms with Gasteiger partial charge in [-0.3, -0.25) is 28.3 Å². The van der Waals surface area contributed by atoms with Crippen molar-refractivity contribution in [3.8, 4) is 0 Å². The first-order chi connectivity index (χ1) is 13.7. The highest BCUT2D eigenvalue weighted by Crippen LogP contribution is 2.05. The van der Waals surface area contributed by atoms with Crippen LogP contribution in [-0.2, 0) is 24.4 Å². The molecule has 13 heteroatoms. The molecule has 0 aromatic carbocycles. The molecule has 2 fully saturated rings. The van der Waals surface area contributed by atoms with E-state index in [-0.39, 0.29) is 24.7 Å². The van der Waals surface area contributed by atoms with Crippen LogP contribution < -0.4 is 0 Å². The molecule has 2 N–H and O–H groups in total. The molecule has 2 saturated heterocycles. The predicted molar refractivity (Wildman–Crippen MR) is 109 cm³/mol. The zero-order chi connectivity index (χ0) is 21.3. The molecule has 0 radical (unpaired) electrons. The van der Waals surface area contributed by atoms with E-state index in [0.717, 1.165) is 26.2 Å². The molecule has 0 spiro atoms. The van der Waals surface area contributed by atoms with Gasteiger partial charge in [-0.1, -0.05) is 0 Å². The van der Waals surface area contributed by atoms with Gasteiger partial charge in [0.15, 0.2) is 0 Å². The number of piperazine rings is 2. The zero-order valence-corrected chi connectivity index (χ0v) is 18.5. The van der Waals surface area contributed by atoms with Crippen molar-refractivity contribution in [1.82, 2.24) is 19.6 Å². The molecule has 0 aromatic heterocycles. The Labute approximate surface area is 174 Å². The highest BCUT2D eigenvalue weighted by Gasteiger charge is 2.21. The highest BCUT2D eigenvalue weighted by molar-refractivity contribution is 7.86. The first kappa shape index (κ1) is 24.9. The van der Waals surface area contributed by atoms with E-state index in [1.54, 1.807) is 0 Å². The van der Waals surface area contributed by atoms with Gasteiger partial charge in [-0.2, -0.15) is 16.8 Å². The smallest absolute Gasteiger partial charge is 0.268 e. The van der Waals surface area contributed by atoms with E-state index in [2.05, 4.69) is 14.7 Å². The van der Waals surface area contributed by atoms with E-state index in [1.807, 2.05) is 4.90 Å². The average Bonchev–Trinajstić information content (AvgIpc) is 2.66. The standard InChI is InChI=1S/C16H34N4O7S2/c21-13-9-17-1-5-20(6-2-17)12-16-29(25,26)27-14-10-18-3-7-19(8-4-18)11-15-28(22,23)24/h21H,1-16H2,(H,22,23,24). The Morgan fingerprint density at radius 1 is 0.655 bits per heavy atom. The topological polar surface area (TPSA) is 131 Å². The maximum atomic E-state index is 12.1. The van der Waals surface area contributed by atoms with Gasteiger partial charge < -0.3 is 5.11 Å². The van der Waals surface area contributed by atoms with Crippen molar-refractivity contribution in [3.05, 3.63) is 0 Å². The van der Waals surface area contributed by atoms with E-state index >= 15 is 0 Å². The molecule has 2 aliphatic heterocycles. The molecule has 0 aliphatic carbocycles. The van der Waals surface area contributed by atoms with Crippen LogP contribution in [-0.4, -0.2) is 149 Å². The monoisotopic (exact) mass is 458 g/mol. The molecular weight excluding hydrogens is 424 g/mol. The van der Waals surface area contributed by atoms with E-state index in [0.29, 0.717) is 52.4 Å². The molecule has 29 heavy (non-hydrogen) atoms. The Hall–Kier alpha value is -0.380. The minimum Gasteiger partial charge on any atom is -0.395 e. The lowest BCUT2D eigenvalue weighted by Crippen LogP contribution is -2.48. The van der Waals surface area contributed by atoms with Gasteiger partial charge in [-0.25, -0.2) is 0 Å². The van der Waals surface area contributed by atoms with Crippen LogP contribution in [0.1, 0.15) is 0 Å². The molecule has 2 rings (SSSR count). The molecule has 2 aliphatic rings. The molecular formula is C16H34N4O7S2. The highest BCUT2D eigenvalue weighted by atomic mass is 32.2. The number of aliphatic hydroxyl groups is 1. The number of β-amino-alcohol motifs (C(OH)–C–C–N with tert-alkyl or cyclic N) is 1. The molecule has 0 unspecified atom stereocenters. The maximum Gasteiger partial charge on any atom is 0.268 e. The molecule has 0 saturated carbocycles. The Bertz CT molecular complexity index is 673. The average molecular weight is 459 g/mol. The molecule has 0 aromatic rings. The first-order valence-corrected chi connectivity index (χ1v) is 13.2. The van der Waals surface area contributed by atoms with E-state index < -0.39 is 20.2 Å². The summed E-state index contributed by atoms with van der Waals surface area (Å²) in [7, 11) is -7.51. The summed E-state index contributed by atoms with van der Waals surface area (Å²) in [6.07, 6.45) is 0. The summed E-state index contributed by atoms with van der Waals surface area (Å²) < 4.78 is 59.8. The van der Waals surface area contributed by atoms with Gasteiger partial charge in [-0.05, 0) is 0 Å². The van der Waals surface area contributed by atoms with Crippen LogP contribution in [0.5, 0.6) is 0 Å². The summed E-state index contributed by atoms with van der Waals surface area (Å²) in [5.74, 6) is -0.304. The van der Waals surface area contributed by atoms with Crippen molar-refractivity contribution in [2.24, 2.45) is 0 Å². The summed E-state index contributed by atoms with van der Waals surface area (Å²) in [4.78, 5) is 8.30. The molecule has 0 amide bonds. The van der Waals surface area contributed by atoms with Crippen molar-refractivity contribution in [1.29, 1.82) is 0 Å². The number of nitrogens with zero attached hydrogens (tertiary/aromatic N) is 4. The van der Waals surface area contributed by atoms with Gasteiger partial charge in [0.1, 0.15) is 0 Å². The zero-order valence-electron chi connectivity index (χ0n) is 16.9. The van der Waals surface area contributed by atoms with Crippen molar-refractivity contribution < 1.29 is 30.7 Å². The fourth-order valence-electron chi connectivity index (χ4n) is 3.45. The van der Waals surface area contributed by atoms with E-state index in [4.69, 9.17) is 13.8 Å². The number of aliphatic hydroxyl groups excluding tert-OH is 1. The normalized spacial score (nSPS) is 21.6. The minimum atomic E-state index is -3.94. The van der Waals surface area contributed by atoms with Crippen LogP contribution in [0.4, 0.5) is 0 Å². The van der Waals surface area contributed by atoms with Crippen molar-refractivity contribution in [3.63, 3.8) is 0 Å². The number of rotatable bonds is 12. The fraction of sp³-hybridized carbons (Fsp3) is 1.00. The maximum absolute atomic E-state index is 12.1. The second kappa shape index (κ2) is 11.9. The lowest BCUT2D eigenvalue weighted by atomic mass is 10.3. The summed E-state index contributed by atoms with van der Waals surface area (Å²) >= 11 is 0. The largest absolute Gasteiger partial charge is 0.395 e. The van der Waals surface area contributed by atoms with Gasteiger partial charge in [0.2, 0.25) is 0 Å². The van der Waals surface area contributed by atoms with Crippen molar-refractivity contribution in [2.45, 2.75) is 0 Å². The molecule has 2 heterocycles. The third-order valence-electron chi connectivity index (χ3n) is 5.34. The van der Waals surface area contributed by atoms with Crippen molar-refractivity contribution >= 4 is 20.2 Å². The second-order valence-electron chi connectivity index (χ2n) is 7.46. The molecule has 172 valence electrons. The van der Waals surface area contributed by atoms with Crippen LogP contribution in [0, 0.1) is 0 Å².